The van der Waals surface area contributed by atoms with Gasteiger partial charge in [-0.3, -0.25) is 4.79 Å². The summed E-state index contributed by atoms with van der Waals surface area (Å²) in [4.78, 5) is 12.3. The molecule has 1 amide bonds. The third-order valence-electron chi connectivity index (χ3n) is 4.37. The minimum atomic E-state index is -0.149. The predicted molar refractivity (Wildman–Crippen MR) is 106 cm³/mol. The van der Waals surface area contributed by atoms with Crippen molar-refractivity contribution in [3.8, 4) is 11.5 Å². The third-order valence-corrected chi connectivity index (χ3v) is 4.37. The van der Waals surface area contributed by atoms with Crippen LogP contribution in [-0.2, 0) is 11.3 Å². The van der Waals surface area contributed by atoms with Crippen LogP contribution in [0.3, 0.4) is 0 Å². The van der Waals surface area contributed by atoms with Crippen molar-refractivity contribution in [3.05, 3.63) is 40.8 Å². The molecule has 1 N–H and O–H groups in total. The number of aromatic nitrogens is 1. The summed E-state index contributed by atoms with van der Waals surface area (Å²) in [6.07, 6.45) is 2.97. The number of rotatable bonds is 12. The summed E-state index contributed by atoms with van der Waals surface area (Å²) in [6, 6.07) is 5.13. The number of nitrogens with zero attached hydrogens (tertiary/aromatic N) is 1. The molecule has 0 aliphatic rings. The second-order valence-electron chi connectivity index (χ2n) is 6.53. The van der Waals surface area contributed by atoms with E-state index in [9.17, 15) is 4.79 Å². The Hall–Kier alpha value is -2.54. The Bertz CT molecular complexity index is 738. The number of unbranched alkanes of at least 4 members (excludes halogenated alkanes) is 1. The second-order valence-corrected chi connectivity index (χ2v) is 6.53. The maximum atomic E-state index is 12.3. The molecule has 28 heavy (non-hydrogen) atoms. The van der Waals surface area contributed by atoms with Crippen molar-refractivity contribution in [2.45, 2.75) is 46.6 Å². The molecule has 1 aromatic heterocycles. The fraction of sp³-hybridized carbons (Fsp3) is 0.524. The lowest BCUT2D eigenvalue weighted by atomic mass is 10.2. The summed E-state index contributed by atoms with van der Waals surface area (Å²) in [5, 5.41) is 6.81. The molecule has 0 aliphatic carbocycles. The molecule has 1 aromatic carbocycles. The van der Waals surface area contributed by atoms with Gasteiger partial charge in [0.15, 0.2) is 11.5 Å². The molecule has 154 valence electrons. The summed E-state index contributed by atoms with van der Waals surface area (Å²) in [7, 11) is 1.55. The van der Waals surface area contributed by atoms with Gasteiger partial charge < -0.3 is 24.1 Å². The normalized spacial score (nSPS) is 10.7. The number of hydrogen-bond acceptors (Lipinski definition) is 6. The van der Waals surface area contributed by atoms with Crippen molar-refractivity contribution in [1.82, 2.24) is 10.5 Å². The van der Waals surface area contributed by atoms with Crippen LogP contribution in [0.5, 0.6) is 11.5 Å². The van der Waals surface area contributed by atoms with Gasteiger partial charge in [-0.2, -0.15) is 0 Å². The van der Waals surface area contributed by atoms with Crippen LogP contribution in [0.1, 0.15) is 53.6 Å². The molecular formula is C21H30N2O5. The molecule has 7 nitrogen and oxygen atoms in total. The van der Waals surface area contributed by atoms with Crippen LogP contribution in [0.15, 0.2) is 22.7 Å². The molecule has 0 fully saturated rings. The number of benzene rings is 1. The Labute approximate surface area is 166 Å². The van der Waals surface area contributed by atoms with Crippen LogP contribution < -0.4 is 14.8 Å². The minimum Gasteiger partial charge on any atom is -0.493 e. The fourth-order valence-corrected chi connectivity index (χ4v) is 2.61. The molecule has 0 radical (unpaired) electrons. The number of aryl methyl sites for hydroxylation is 2. The highest BCUT2D eigenvalue weighted by Crippen LogP contribution is 2.29. The van der Waals surface area contributed by atoms with Crippen LogP contribution in [0.4, 0.5) is 0 Å². The molecule has 7 heteroatoms. The average Bonchev–Trinajstić information content (AvgIpc) is 3.03. The number of amides is 1. The maximum absolute atomic E-state index is 12.3. The van der Waals surface area contributed by atoms with E-state index < -0.39 is 0 Å². The molecule has 0 spiro atoms. The van der Waals surface area contributed by atoms with E-state index in [2.05, 4.69) is 17.4 Å². The van der Waals surface area contributed by atoms with E-state index in [-0.39, 0.29) is 5.91 Å². The summed E-state index contributed by atoms with van der Waals surface area (Å²) < 4.78 is 21.9. The summed E-state index contributed by atoms with van der Waals surface area (Å²) in [5.41, 5.74) is 2.23. The number of ether oxygens (including phenoxy) is 3. The monoisotopic (exact) mass is 390 g/mol. The Kier molecular flexibility index (Phi) is 8.81. The van der Waals surface area contributed by atoms with E-state index in [4.69, 9.17) is 18.7 Å². The molecule has 0 bridgehead atoms. The fourth-order valence-electron chi connectivity index (χ4n) is 2.61. The smallest absolute Gasteiger partial charge is 0.251 e. The lowest BCUT2D eigenvalue weighted by molar-refractivity contribution is 0.0940. The van der Waals surface area contributed by atoms with E-state index in [1.54, 1.807) is 25.3 Å². The SMILES string of the molecule is CCCCOCCCNC(=O)c1ccc(OCc2c(C)noc2C)c(OC)c1. The van der Waals surface area contributed by atoms with Gasteiger partial charge in [0.1, 0.15) is 12.4 Å². The van der Waals surface area contributed by atoms with Gasteiger partial charge in [0.25, 0.3) is 5.91 Å². The molecular weight excluding hydrogens is 360 g/mol. The van der Waals surface area contributed by atoms with Crippen LogP contribution in [0, 0.1) is 13.8 Å². The quantitative estimate of drug-likeness (QED) is 0.555. The summed E-state index contributed by atoms with van der Waals surface area (Å²) in [6.45, 7) is 8.16. The molecule has 0 unspecified atom stereocenters. The molecule has 1 heterocycles. The maximum Gasteiger partial charge on any atom is 0.251 e. The van der Waals surface area contributed by atoms with Crippen molar-refractivity contribution in [3.63, 3.8) is 0 Å². The van der Waals surface area contributed by atoms with E-state index >= 15 is 0 Å². The van der Waals surface area contributed by atoms with Crippen molar-refractivity contribution < 1.29 is 23.5 Å². The standard InChI is InChI=1S/C21H30N2O5/c1-5-6-11-26-12-7-10-22-21(24)17-8-9-19(20(13-17)25-4)27-14-18-15(2)23-28-16(18)3/h8-9,13H,5-7,10-12,14H2,1-4H3,(H,22,24). The first-order valence-electron chi connectivity index (χ1n) is 9.65. The largest absolute Gasteiger partial charge is 0.493 e. The summed E-state index contributed by atoms with van der Waals surface area (Å²) >= 11 is 0. The highest BCUT2D eigenvalue weighted by molar-refractivity contribution is 5.94. The first-order chi connectivity index (χ1) is 13.6. The topological polar surface area (TPSA) is 82.8 Å². The Balaban J connectivity index is 1.86. The van der Waals surface area contributed by atoms with Gasteiger partial charge in [-0.15, -0.1) is 0 Å². The van der Waals surface area contributed by atoms with Crippen LogP contribution in [-0.4, -0.2) is 37.9 Å². The van der Waals surface area contributed by atoms with E-state index in [1.165, 1.54) is 0 Å². The highest BCUT2D eigenvalue weighted by Gasteiger charge is 2.14. The molecule has 0 saturated heterocycles. The van der Waals surface area contributed by atoms with Gasteiger partial charge in [-0.1, -0.05) is 18.5 Å². The van der Waals surface area contributed by atoms with Gasteiger partial charge in [-0.25, -0.2) is 0 Å². The number of carbonyl (C=O) groups is 1. The molecule has 0 aliphatic heterocycles. The van der Waals surface area contributed by atoms with Gasteiger partial charge in [0, 0.05) is 25.3 Å². The Morgan fingerprint density at radius 1 is 1.18 bits per heavy atom. The number of nitrogens with one attached hydrogen (secondary N) is 1. The van der Waals surface area contributed by atoms with E-state index in [1.807, 2.05) is 13.8 Å². The van der Waals surface area contributed by atoms with Crippen LogP contribution >= 0.6 is 0 Å². The van der Waals surface area contributed by atoms with Gasteiger partial charge in [0.05, 0.1) is 18.4 Å². The van der Waals surface area contributed by atoms with Gasteiger partial charge in [0.2, 0.25) is 0 Å². The van der Waals surface area contributed by atoms with Crippen molar-refractivity contribution >= 4 is 5.91 Å². The average molecular weight is 390 g/mol. The second kappa shape index (κ2) is 11.3. The van der Waals surface area contributed by atoms with Crippen molar-refractivity contribution in [1.29, 1.82) is 0 Å². The van der Waals surface area contributed by atoms with E-state index in [0.29, 0.717) is 36.8 Å². The van der Waals surface area contributed by atoms with E-state index in [0.717, 1.165) is 42.9 Å². The first-order valence-corrected chi connectivity index (χ1v) is 9.65. The molecule has 2 aromatic rings. The van der Waals surface area contributed by atoms with Crippen molar-refractivity contribution in [2.24, 2.45) is 0 Å². The molecule has 0 saturated carbocycles. The molecule has 2 rings (SSSR count). The number of methoxy groups -OCH3 is 1. The zero-order valence-electron chi connectivity index (χ0n) is 17.2. The Morgan fingerprint density at radius 2 is 1.96 bits per heavy atom. The highest BCUT2D eigenvalue weighted by atomic mass is 16.5. The lowest BCUT2D eigenvalue weighted by Crippen LogP contribution is -2.25. The first kappa shape index (κ1) is 21.8. The van der Waals surface area contributed by atoms with Crippen molar-refractivity contribution in [2.75, 3.05) is 26.9 Å². The van der Waals surface area contributed by atoms with Crippen LogP contribution in [0.2, 0.25) is 0 Å². The van der Waals surface area contributed by atoms with Gasteiger partial charge in [-0.05, 0) is 44.9 Å². The lowest BCUT2D eigenvalue weighted by Gasteiger charge is -2.12. The molecule has 0 atom stereocenters. The third kappa shape index (κ3) is 6.27. The minimum absolute atomic E-state index is 0.149. The summed E-state index contributed by atoms with van der Waals surface area (Å²) in [5.74, 6) is 1.64. The van der Waals surface area contributed by atoms with Crippen LogP contribution in [0.25, 0.3) is 0 Å². The zero-order chi connectivity index (χ0) is 20.4. The predicted octanol–water partition coefficient (Wildman–Crippen LogP) is 3.82. The Morgan fingerprint density at radius 3 is 2.64 bits per heavy atom. The zero-order valence-corrected chi connectivity index (χ0v) is 17.2. The van der Waals surface area contributed by atoms with Gasteiger partial charge >= 0.3 is 0 Å². The number of hydrogen-bond donors (Lipinski definition) is 1. The number of carbonyl (C=O) groups excluding carboxylic acids is 1.